The molecule has 2 N–H and O–H groups in total. The van der Waals surface area contributed by atoms with Gasteiger partial charge in [-0.1, -0.05) is 172 Å². The Bertz CT molecular complexity index is 3700. The van der Waals surface area contributed by atoms with Crippen molar-refractivity contribution in [1.29, 1.82) is 0 Å². The second kappa shape index (κ2) is 28.3. The first-order chi connectivity index (χ1) is 44.4. The Morgan fingerprint density at radius 2 is 1.44 bits per heavy atom. The molecule has 3 aliphatic rings. The van der Waals surface area contributed by atoms with Crippen molar-refractivity contribution in [3.8, 4) is 28.1 Å². The fraction of sp³-hybridized carbons (Fsp3) is 0.447. The first kappa shape index (κ1) is 67.9. The minimum atomic E-state index is -2.59. The van der Waals surface area contributed by atoms with Gasteiger partial charge >= 0.3 is 5.97 Å². The number of nitrogens with zero attached hydrogens (tertiary/aromatic N) is 6. The molecule has 5 atom stereocenters. The van der Waals surface area contributed by atoms with E-state index < -0.39 is 73.0 Å². The van der Waals surface area contributed by atoms with Crippen LogP contribution in [0.4, 0.5) is 0 Å². The fourth-order valence-electron chi connectivity index (χ4n) is 15.3. The molecule has 0 spiro atoms. The van der Waals surface area contributed by atoms with E-state index in [1.165, 1.54) is 14.8 Å². The van der Waals surface area contributed by atoms with Gasteiger partial charge in [-0.05, 0) is 124 Å². The van der Waals surface area contributed by atoms with E-state index in [4.69, 9.17) is 13.9 Å². The summed E-state index contributed by atoms with van der Waals surface area (Å²) in [6.07, 6.45) is 5.24. The summed E-state index contributed by atoms with van der Waals surface area (Å²) in [6.45, 7) is 25.3. The number of rotatable bonds is 20. The van der Waals surface area contributed by atoms with E-state index in [-0.39, 0.29) is 48.6 Å². The third-order valence-corrected chi connectivity index (χ3v) is 25.7. The van der Waals surface area contributed by atoms with Crippen LogP contribution in [0.25, 0.3) is 33.3 Å². The standard InChI is InChI=1S/C76H96N8O8Si/c1-15-82-66-34-33-54-42-61(66)62(70(82)63-44-77-36-35-55(63)47-90-14)43-75(10,11)48-91-74(89)64-32-25-37-84(79-64)72(87)65(40-53-38-56(54)41-60(39-53)92-93(50(4)5,51(6)7)52(8)9)78-71(86)69(49(2)3)81(13)68(85)46-80(12)73(88)67-45-83(67)76(57-26-19-16-20-27-57,58-28-21-17-22-29-58)59-30-23-18-24-31-59/h16-24,26-31,33-36,38-39,41-42,44,49-52,64-65,67,69,79H,15,25,32,37,40,43,45-48H2,1-14H3,(H,78,86)/t64-,65-,67+,69-,83?/m0/s1. The molecule has 3 aliphatic heterocycles. The van der Waals surface area contributed by atoms with Crippen LogP contribution in [0.5, 0.6) is 5.75 Å². The van der Waals surface area contributed by atoms with Crippen molar-refractivity contribution in [2.75, 3.05) is 47.4 Å². The number of aromatic nitrogens is 2. The lowest BCUT2D eigenvalue weighted by molar-refractivity contribution is -0.155. The Labute approximate surface area is 551 Å². The van der Waals surface area contributed by atoms with Gasteiger partial charge in [0.15, 0.2) is 0 Å². The highest BCUT2D eigenvalue weighted by atomic mass is 28.4. The number of carbonyl (C=O) groups is 5. The number of carbonyl (C=O) groups excluding carboxylic acids is 5. The molecule has 492 valence electrons. The molecule has 2 saturated heterocycles. The smallest absolute Gasteiger partial charge is 0.324 e. The van der Waals surface area contributed by atoms with Gasteiger partial charge in [0.2, 0.25) is 17.7 Å². The van der Waals surface area contributed by atoms with E-state index in [1.807, 2.05) is 86.8 Å². The molecule has 0 saturated carbocycles. The topological polar surface area (TPSA) is 168 Å². The molecule has 5 heterocycles. The lowest BCUT2D eigenvalue weighted by Crippen LogP contribution is -2.62. The molecule has 17 heteroatoms. The number of pyridine rings is 1. The first-order valence-corrected chi connectivity index (χ1v) is 35.5. The minimum absolute atomic E-state index is 0.0387. The van der Waals surface area contributed by atoms with Crippen LogP contribution in [0.2, 0.25) is 16.6 Å². The van der Waals surface area contributed by atoms with Crippen LogP contribution in [0.15, 0.2) is 146 Å². The number of hydrazine groups is 1. The van der Waals surface area contributed by atoms with Crippen LogP contribution in [-0.4, -0.2) is 139 Å². The molecular weight excluding hydrogens is 1180 g/mol. The zero-order valence-electron chi connectivity index (χ0n) is 57.0. The molecule has 0 radical (unpaired) electrons. The Kier molecular flexibility index (Phi) is 20.7. The van der Waals surface area contributed by atoms with Crippen molar-refractivity contribution < 1.29 is 37.9 Å². The molecule has 1 unspecified atom stereocenters. The van der Waals surface area contributed by atoms with Crippen molar-refractivity contribution in [3.63, 3.8) is 0 Å². The predicted octanol–water partition coefficient (Wildman–Crippen LogP) is 12.4. The van der Waals surface area contributed by atoms with Crippen molar-refractivity contribution in [2.24, 2.45) is 11.3 Å². The molecule has 4 amide bonds. The molecular formula is C76H96N8O8Si. The lowest BCUT2D eigenvalue weighted by atomic mass is 9.76. The maximum absolute atomic E-state index is 15.5. The number of esters is 1. The van der Waals surface area contributed by atoms with Crippen LogP contribution in [-0.2, 0) is 65.0 Å². The molecule has 2 fully saturated rings. The SMILES string of the molecule is CCn1c(-c2cnccc2COC)c2c3cc(ccc31)-c1cc(cc(O[Si](C(C)C)(C(C)C)C(C)C)c1)C[C@H](NC(=O)[C@H](C(C)C)N(C)C(=O)CN(C)C(=O)[C@H]1CN1C(c1ccccc1)(c1ccccc1)c1ccccc1)C(=O)N1CCC[C@H](N1)C(=O)OCC(C)(C)C2. The number of aryl methyl sites for hydroxylation is 1. The van der Waals surface area contributed by atoms with E-state index in [9.17, 15) is 14.4 Å². The van der Waals surface area contributed by atoms with Gasteiger partial charge in [0.05, 0.1) is 31.0 Å². The fourth-order valence-corrected chi connectivity index (χ4v) is 20.5. The number of amides is 4. The molecule has 10 rings (SSSR count). The second-order valence-corrected chi connectivity index (χ2v) is 33.3. The van der Waals surface area contributed by atoms with Crippen LogP contribution >= 0.6 is 0 Å². The van der Waals surface area contributed by atoms with E-state index >= 15 is 9.59 Å². The zero-order chi connectivity index (χ0) is 66.7. The molecule has 16 nitrogen and oxygen atoms in total. The molecule has 0 aliphatic carbocycles. The Balaban J connectivity index is 1.01. The zero-order valence-corrected chi connectivity index (χ0v) is 58.0. The summed E-state index contributed by atoms with van der Waals surface area (Å²) in [5.41, 5.74) is 13.4. The summed E-state index contributed by atoms with van der Waals surface area (Å²) < 4.78 is 21.9. The largest absolute Gasteiger partial charge is 0.543 e. The van der Waals surface area contributed by atoms with Crippen molar-refractivity contribution in [3.05, 3.63) is 179 Å². The van der Waals surface area contributed by atoms with Gasteiger partial charge in [-0.15, -0.1) is 0 Å². The Morgan fingerprint density at radius 1 is 0.817 bits per heavy atom. The Morgan fingerprint density at radius 3 is 2.02 bits per heavy atom. The summed E-state index contributed by atoms with van der Waals surface area (Å²) in [5, 5.41) is 5.69. The lowest BCUT2D eigenvalue weighted by Gasteiger charge is -2.42. The van der Waals surface area contributed by atoms with Gasteiger partial charge in [-0.25, -0.2) is 5.43 Å². The predicted molar refractivity (Wildman–Crippen MR) is 369 cm³/mol. The Hall–Kier alpha value is -7.96. The number of fused-ring (bicyclic) bond motifs is 6. The van der Waals surface area contributed by atoms with E-state index in [0.717, 1.165) is 66.7 Å². The molecule has 6 bridgehead atoms. The van der Waals surface area contributed by atoms with Crippen LogP contribution in [0.3, 0.4) is 0 Å². The number of likely N-dealkylation sites (N-methyl/N-ethyl adjacent to an activating group) is 2. The average molecular weight is 1280 g/mol. The highest BCUT2D eigenvalue weighted by Crippen LogP contribution is 2.49. The van der Waals surface area contributed by atoms with Crippen molar-refractivity contribution in [1.82, 2.24) is 40.0 Å². The minimum Gasteiger partial charge on any atom is -0.543 e. The van der Waals surface area contributed by atoms with Crippen molar-refractivity contribution in [2.45, 2.75) is 161 Å². The van der Waals surface area contributed by atoms with E-state index in [0.29, 0.717) is 44.7 Å². The number of cyclic esters (lactones) is 1. The summed E-state index contributed by atoms with van der Waals surface area (Å²) in [4.78, 5) is 84.6. The van der Waals surface area contributed by atoms with Crippen LogP contribution in [0, 0.1) is 11.3 Å². The molecule has 2 aromatic heterocycles. The number of ether oxygens (including phenoxy) is 2. The van der Waals surface area contributed by atoms with Gasteiger partial charge in [0.1, 0.15) is 29.9 Å². The third-order valence-electron chi connectivity index (χ3n) is 19.7. The summed E-state index contributed by atoms with van der Waals surface area (Å²) in [6, 6.07) is 41.8. The first-order valence-electron chi connectivity index (χ1n) is 33.3. The van der Waals surface area contributed by atoms with E-state index in [1.54, 1.807) is 27.4 Å². The number of benzene rings is 5. The summed E-state index contributed by atoms with van der Waals surface area (Å²) >= 11 is 0. The molecule has 5 aromatic carbocycles. The quantitative estimate of drug-likeness (QED) is 0.0323. The average Bonchev–Trinajstić information content (AvgIpc) is 1.59. The number of hydrogen-bond acceptors (Lipinski definition) is 11. The van der Waals surface area contributed by atoms with Gasteiger partial charge in [-0.3, -0.25) is 38.9 Å². The van der Waals surface area contributed by atoms with E-state index in [2.05, 4.69) is 154 Å². The third kappa shape index (κ3) is 13.7. The highest BCUT2D eigenvalue weighted by Gasteiger charge is 2.57. The number of hydrogen-bond donors (Lipinski definition) is 2. The number of methoxy groups -OCH3 is 1. The molecule has 93 heavy (non-hydrogen) atoms. The molecule has 7 aromatic rings. The summed E-state index contributed by atoms with van der Waals surface area (Å²) in [5.74, 6) is -1.85. The van der Waals surface area contributed by atoms with Gasteiger partial charge in [-0.2, -0.15) is 0 Å². The normalized spacial score (nSPS) is 18.9. The maximum atomic E-state index is 15.5. The monoisotopic (exact) mass is 1280 g/mol. The highest BCUT2D eigenvalue weighted by molar-refractivity contribution is 6.78. The van der Waals surface area contributed by atoms with Gasteiger partial charge in [0.25, 0.3) is 14.2 Å². The van der Waals surface area contributed by atoms with Gasteiger partial charge < -0.3 is 33.6 Å². The van der Waals surface area contributed by atoms with Gasteiger partial charge in [0, 0.05) is 81.5 Å². The maximum Gasteiger partial charge on any atom is 0.324 e. The second-order valence-electron chi connectivity index (χ2n) is 27.9. The van der Waals surface area contributed by atoms with Crippen LogP contribution in [0.1, 0.15) is 122 Å². The van der Waals surface area contributed by atoms with Crippen LogP contribution < -0.4 is 15.2 Å². The summed E-state index contributed by atoms with van der Waals surface area (Å²) in [7, 11) is 2.34. The number of nitrogens with one attached hydrogen (secondary N) is 2. The van der Waals surface area contributed by atoms with Crippen molar-refractivity contribution >= 4 is 48.8 Å².